The highest BCUT2D eigenvalue weighted by molar-refractivity contribution is 5.91. The number of rotatable bonds is 5. The third-order valence-corrected chi connectivity index (χ3v) is 9.89. The minimum absolute atomic E-state index is 0.0593. The Balaban J connectivity index is 1.24. The molecule has 0 amide bonds. The molecule has 2 aliphatic carbocycles. The van der Waals surface area contributed by atoms with Gasteiger partial charge in [0.1, 0.15) is 0 Å². The summed E-state index contributed by atoms with van der Waals surface area (Å²) in [5.41, 5.74) is 17.2. The van der Waals surface area contributed by atoms with E-state index in [0.717, 1.165) is 5.69 Å². The lowest BCUT2D eigenvalue weighted by Gasteiger charge is -2.29. The van der Waals surface area contributed by atoms with Crippen molar-refractivity contribution in [1.29, 1.82) is 0 Å². The highest BCUT2D eigenvalue weighted by atomic mass is 15.1. The Labute approximate surface area is 261 Å². The molecule has 0 bridgehead atoms. The Morgan fingerprint density at radius 2 is 1.11 bits per heavy atom. The number of aryl methyl sites for hydroxylation is 1. The number of benzene rings is 6. The van der Waals surface area contributed by atoms with Crippen LogP contribution in [0.2, 0.25) is 0 Å². The Morgan fingerprint density at radius 1 is 0.477 bits per heavy atom. The van der Waals surface area contributed by atoms with Crippen LogP contribution in [0.15, 0.2) is 140 Å². The molecule has 0 saturated carbocycles. The molecule has 2 aliphatic rings. The van der Waals surface area contributed by atoms with Gasteiger partial charge >= 0.3 is 0 Å². The SMILES string of the molecule is CC1(C)c2ccccc2-c2ccc(N(c3ccccc3)c3ccccc3-c3ccc(-c4cccc5c4CCCC5)cc3)cc21. The number of fused-ring (bicyclic) bond motifs is 4. The zero-order chi connectivity index (χ0) is 29.7. The first-order valence-corrected chi connectivity index (χ1v) is 16.0. The smallest absolute Gasteiger partial charge is 0.0540 e. The first-order chi connectivity index (χ1) is 21.6. The molecule has 44 heavy (non-hydrogen) atoms. The van der Waals surface area contributed by atoms with E-state index < -0.39 is 0 Å². The topological polar surface area (TPSA) is 3.24 Å². The molecule has 0 aromatic heterocycles. The number of anilines is 3. The lowest BCUT2D eigenvalue weighted by atomic mass is 9.82. The van der Waals surface area contributed by atoms with Crippen molar-refractivity contribution in [2.45, 2.75) is 44.9 Å². The van der Waals surface area contributed by atoms with E-state index in [2.05, 4.69) is 158 Å². The lowest BCUT2D eigenvalue weighted by Crippen LogP contribution is -2.16. The average molecular weight is 568 g/mol. The van der Waals surface area contributed by atoms with Crippen LogP contribution in [-0.2, 0) is 18.3 Å². The van der Waals surface area contributed by atoms with E-state index in [9.17, 15) is 0 Å². The van der Waals surface area contributed by atoms with Crippen molar-refractivity contribution < 1.29 is 0 Å². The van der Waals surface area contributed by atoms with Gasteiger partial charge in [-0.05, 0) is 106 Å². The summed E-state index contributed by atoms with van der Waals surface area (Å²) < 4.78 is 0. The molecular formula is C43H37N. The summed E-state index contributed by atoms with van der Waals surface area (Å²) in [6, 6.07) is 51.6. The summed E-state index contributed by atoms with van der Waals surface area (Å²) in [7, 11) is 0. The Hall–Kier alpha value is -4.88. The third kappa shape index (κ3) is 4.38. The van der Waals surface area contributed by atoms with Gasteiger partial charge in [0, 0.05) is 22.4 Å². The summed E-state index contributed by atoms with van der Waals surface area (Å²) in [5, 5.41) is 0. The lowest BCUT2D eigenvalue weighted by molar-refractivity contribution is 0.660. The van der Waals surface area contributed by atoms with Gasteiger partial charge in [-0.15, -0.1) is 0 Å². The van der Waals surface area contributed by atoms with Crippen LogP contribution >= 0.6 is 0 Å². The zero-order valence-corrected chi connectivity index (χ0v) is 25.6. The molecule has 6 aromatic rings. The first-order valence-electron chi connectivity index (χ1n) is 16.0. The average Bonchev–Trinajstić information content (AvgIpc) is 3.31. The van der Waals surface area contributed by atoms with Crippen molar-refractivity contribution in [3.8, 4) is 33.4 Å². The van der Waals surface area contributed by atoms with Gasteiger partial charge in [-0.2, -0.15) is 0 Å². The van der Waals surface area contributed by atoms with Gasteiger partial charge in [0.2, 0.25) is 0 Å². The van der Waals surface area contributed by atoms with E-state index in [1.165, 1.54) is 87.1 Å². The maximum Gasteiger partial charge on any atom is 0.0540 e. The van der Waals surface area contributed by atoms with E-state index in [0.29, 0.717) is 0 Å². The fourth-order valence-corrected chi connectivity index (χ4v) is 7.63. The Bertz CT molecular complexity index is 1980. The molecule has 1 nitrogen and oxygen atoms in total. The summed E-state index contributed by atoms with van der Waals surface area (Å²) in [4.78, 5) is 2.43. The molecule has 0 unspecified atom stereocenters. The van der Waals surface area contributed by atoms with Crippen LogP contribution in [0.25, 0.3) is 33.4 Å². The highest BCUT2D eigenvalue weighted by Crippen LogP contribution is 2.51. The van der Waals surface area contributed by atoms with Crippen molar-refractivity contribution >= 4 is 17.1 Å². The fourth-order valence-electron chi connectivity index (χ4n) is 7.63. The number of nitrogens with zero attached hydrogens (tertiary/aromatic N) is 1. The summed E-state index contributed by atoms with van der Waals surface area (Å²) in [6.45, 7) is 4.71. The molecule has 0 N–H and O–H groups in total. The van der Waals surface area contributed by atoms with Crippen LogP contribution in [0.1, 0.15) is 48.9 Å². The molecule has 0 atom stereocenters. The van der Waals surface area contributed by atoms with Gasteiger partial charge < -0.3 is 4.90 Å². The molecule has 0 saturated heterocycles. The first kappa shape index (κ1) is 26.7. The van der Waals surface area contributed by atoms with Crippen molar-refractivity contribution in [2.75, 3.05) is 4.90 Å². The molecule has 1 heteroatoms. The van der Waals surface area contributed by atoms with Crippen LogP contribution in [0.5, 0.6) is 0 Å². The minimum atomic E-state index is -0.0593. The van der Waals surface area contributed by atoms with Gasteiger partial charge in [0.15, 0.2) is 0 Å². The number of para-hydroxylation sites is 2. The van der Waals surface area contributed by atoms with Gasteiger partial charge in [-0.25, -0.2) is 0 Å². The standard InChI is InChI=1S/C43H37N/c1-43(2)40-21-10-8-19-38(40)39-28-27-34(29-41(39)43)44(33-15-4-3-5-16-33)42-22-11-9-18-37(42)32-25-23-31(24-26-32)36-20-12-14-30-13-6-7-17-35(30)36/h3-5,8-12,14-16,18-29H,6-7,13,17H2,1-2H3. The molecule has 214 valence electrons. The van der Waals surface area contributed by atoms with Gasteiger partial charge in [0.05, 0.1) is 5.69 Å². The molecule has 0 fully saturated rings. The van der Waals surface area contributed by atoms with Crippen molar-refractivity contribution in [1.82, 2.24) is 0 Å². The number of hydrogen-bond acceptors (Lipinski definition) is 1. The second kappa shape index (κ2) is 10.7. The maximum absolute atomic E-state index is 2.43. The second-order valence-electron chi connectivity index (χ2n) is 12.8. The van der Waals surface area contributed by atoms with E-state index >= 15 is 0 Å². The van der Waals surface area contributed by atoms with Crippen LogP contribution in [0, 0.1) is 0 Å². The minimum Gasteiger partial charge on any atom is -0.310 e. The monoisotopic (exact) mass is 567 g/mol. The van der Waals surface area contributed by atoms with E-state index in [1.807, 2.05) is 0 Å². The van der Waals surface area contributed by atoms with Crippen molar-refractivity contribution in [2.24, 2.45) is 0 Å². The summed E-state index contributed by atoms with van der Waals surface area (Å²) >= 11 is 0. The third-order valence-electron chi connectivity index (χ3n) is 9.89. The molecular weight excluding hydrogens is 530 g/mol. The molecule has 0 heterocycles. The molecule has 0 aliphatic heterocycles. The predicted octanol–water partition coefficient (Wildman–Crippen LogP) is 11.7. The highest BCUT2D eigenvalue weighted by Gasteiger charge is 2.35. The fraction of sp³-hybridized carbons (Fsp3) is 0.163. The van der Waals surface area contributed by atoms with Gasteiger partial charge in [-0.3, -0.25) is 0 Å². The molecule has 8 rings (SSSR count). The Morgan fingerprint density at radius 3 is 1.93 bits per heavy atom. The maximum atomic E-state index is 2.43. The van der Waals surface area contributed by atoms with Gasteiger partial charge in [0.25, 0.3) is 0 Å². The summed E-state index contributed by atoms with van der Waals surface area (Å²) in [6.07, 6.45) is 4.98. The zero-order valence-electron chi connectivity index (χ0n) is 25.6. The largest absolute Gasteiger partial charge is 0.310 e. The second-order valence-corrected chi connectivity index (χ2v) is 12.8. The summed E-state index contributed by atoms with van der Waals surface area (Å²) in [5.74, 6) is 0. The van der Waals surface area contributed by atoms with Gasteiger partial charge in [-0.1, -0.05) is 123 Å². The molecule has 6 aromatic carbocycles. The normalized spacial score (nSPS) is 14.4. The van der Waals surface area contributed by atoms with E-state index in [1.54, 1.807) is 5.56 Å². The van der Waals surface area contributed by atoms with E-state index in [4.69, 9.17) is 0 Å². The van der Waals surface area contributed by atoms with Crippen LogP contribution in [0.4, 0.5) is 17.1 Å². The Kier molecular flexibility index (Phi) is 6.49. The van der Waals surface area contributed by atoms with Crippen LogP contribution in [-0.4, -0.2) is 0 Å². The quantitative estimate of drug-likeness (QED) is 0.200. The van der Waals surface area contributed by atoms with E-state index in [-0.39, 0.29) is 5.41 Å². The number of hydrogen-bond donors (Lipinski definition) is 0. The predicted molar refractivity (Wildman–Crippen MR) is 186 cm³/mol. The van der Waals surface area contributed by atoms with Crippen molar-refractivity contribution in [3.05, 3.63) is 162 Å². The van der Waals surface area contributed by atoms with Crippen LogP contribution < -0.4 is 4.90 Å². The molecule has 0 spiro atoms. The van der Waals surface area contributed by atoms with Crippen LogP contribution in [0.3, 0.4) is 0 Å². The van der Waals surface area contributed by atoms with Crippen molar-refractivity contribution in [3.63, 3.8) is 0 Å². The molecule has 0 radical (unpaired) electrons.